The van der Waals surface area contributed by atoms with Crippen LogP contribution < -0.4 is 21.1 Å². The molecule has 1 aliphatic heterocycles. The lowest BCUT2D eigenvalue weighted by atomic mass is 10.1. The summed E-state index contributed by atoms with van der Waals surface area (Å²) in [6, 6.07) is 4.39. The van der Waals surface area contributed by atoms with Gasteiger partial charge >= 0.3 is 0 Å². The van der Waals surface area contributed by atoms with Crippen molar-refractivity contribution in [3.63, 3.8) is 0 Å². The molecule has 1 saturated heterocycles. The molecule has 1 fully saturated rings. The summed E-state index contributed by atoms with van der Waals surface area (Å²) >= 11 is 0. The average molecular weight is 277 g/mol. The van der Waals surface area contributed by atoms with Crippen molar-refractivity contribution in [3.05, 3.63) is 23.8 Å². The van der Waals surface area contributed by atoms with E-state index in [1.54, 1.807) is 18.2 Å². The van der Waals surface area contributed by atoms with E-state index in [1.807, 2.05) is 6.92 Å². The van der Waals surface area contributed by atoms with Crippen LogP contribution in [0.3, 0.4) is 0 Å². The summed E-state index contributed by atoms with van der Waals surface area (Å²) in [4.78, 5) is 23.7. The molecule has 108 valence electrons. The summed E-state index contributed by atoms with van der Waals surface area (Å²) < 4.78 is 5.32. The molecule has 1 atom stereocenters. The minimum atomic E-state index is -0.468. The van der Waals surface area contributed by atoms with Gasteiger partial charge in [0.2, 0.25) is 5.91 Å². The minimum absolute atomic E-state index is 0.136. The fraction of sp³-hybridized carbons (Fsp3) is 0.429. The molecule has 0 radical (unpaired) electrons. The molecule has 1 aromatic rings. The van der Waals surface area contributed by atoms with Crippen LogP contribution in [-0.4, -0.2) is 31.0 Å². The van der Waals surface area contributed by atoms with Crippen LogP contribution in [0.25, 0.3) is 0 Å². The smallest absolute Gasteiger partial charge is 0.252 e. The SMILES string of the molecule is CCOc1ccc(C(=O)NC2CCCNC2=O)cc1N. The summed E-state index contributed by atoms with van der Waals surface area (Å²) in [7, 11) is 0. The molecule has 1 aliphatic rings. The van der Waals surface area contributed by atoms with Gasteiger partial charge in [-0.2, -0.15) is 0 Å². The summed E-state index contributed by atoms with van der Waals surface area (Å²) in [5.74, 6) is 0.116. The van der Waals surface area contributed by atoms with Crippen LogP contribution in [0.1, 0.15) is 30.1 Å². The van der Waals surface area contributed by atoms with Crippen molar-refractivity contribution in [3.8, 4) is 5.75 Å². The van der Waals surface area contributed by atoms with E-state index in [0.29, 0.717) is 36.6 Å². The van der Waals surface area contributed by atoms with Crippen molar-refractivity contribution in [2.45, 2.75) is 25.8 Å². The third-order valence-electron chi connectivity index (χ3n) is 3.16. The van der Waals surface area contributed by atoms with Crippen molar-refractivity contribution in [2.24, 2.45) is 0 Å². The highest BCUT2D eigenvalue weighted by molar-refractivity contribution is 5.98. The van der Waals surface area contributed by atoms with E-state index in [-0.39, 0.29) is 11.8 Å². The van der Waals surface area contributed by atoms with Crippen molar-refractivity contribution >= 4 is 17.5 Å². The number of hydrogen-bond donors (Lipinski definition) is 3. The maximum absolute atomic E-state index is 12.1. The van der Waals surface area contributed by atoms with Gasteiger partial charge in [0.15, 0.2) is 0 Å². The highest BCUT2D eigenvalue weighted by Gasteiger charge is 2.24. The quantitative estimate of drug-likeness (QED) is 0.705. The van der Waals surface area contributed by atoms with Crippen molar-refractivity contribution in [2.75, 3.05) is 18.9 Å². The second-order valence-electron chi connectivity index (χ2n) is 4.64. The average Bonchev–Trinajstić information content (AvgIpc) is 2.43. The molecular formula is C14H19N3O3. The van der Waals surface area contributed by atoms with E-state index in [1.165, 1.54) is 0 Å². The Bertz CT molecular complexity index is 516. The first-order chi connectivity index (χ1) is 9.61. The van der Waals surface area contributed by atoms with Gasteiger partial charge in [-0.05, 0) is 38.0 Å². The van der Waals surface area contributed by atoms with Crippen LogP contribution in [0.5, 0.6) is 5.75 Å². The topological polar surface area (TPSA) is 93.5 Å². The largest absolute Gasteiger partial charge is 0.492 e. The molecule has 1 aromatic carbocycles. The van der Waals surface area contributed by atoms with Gasteiger partial charge in [0.25, 0.3) is 5.91 Å². The zero-order valence-corrected chi connectivity index (χ0v) is 11.4. The number of ether oxygens (including phenoxy) is 1. The van der Waals surface area contributed by atoms with Gasteiger partial charge in [0, 0.05) is 12.1 Å². The highest BCUT2D eigenvalue weighted by atomic mass is 16.5. The Kier molecular flexibility index (Phi) is 4.45. The first-order valence-electron chi connectivity index (χ1n) is 6.72. The van der Waals surface area contributed by atoms with Crippen LogP contribution in [0.4, 0.5) is 5.69 Å². The number of nitrogen functional groups attached to an aromatic ring is 1. The van der Waals surface area contributed by atoms with Crippen LogP contribution in [0.2, 0.25) is 0 Å². The molecule has 0 spiro atoms. The molecule has 6 heteroatoms. The predicted octanol–water partition coefficient (Wildman–Crippen LogP) is 0.676. The third kappa shape index (κ3) is 3.20. The fourth-order valence-electron chi connectivity index (χ4n) is 2.13. The number of rotatable bonds is 4. The zero-order valence-electron chi connectivity index (χ0n) is 11.4. The molecule has 2 rings (SSSR count). The zero-order chi connectivity index (χ0) is 14.5. The number of benzene rings is 1. The lowest BCUT2D eigenvalue weighted by Gasteiger charge is -2.22. The number of carbonyl (C=O) groups is 2. The predicted molar refractivity (Wildman–Crippen MR) is 75.5 cm³/mol. The maximum Gasteiger partial charge on any atom is 0.252 e. The molecule has 0 bridgehead atoms. The van der Waals surface area contributed by atoms with Gasteiger partial charge in [-0.15, -0.1) is 0 Å². The lowest BCUT2D eigenvalue weighted by Crippen LogP contribution is -2.50. The molecule has 0 aromatic heterocycles. The standard InChI is InChI=1S/C14H19N3O3/c1-2-20-12-6-5-9(8-10(12)15)13(18)17-11-4-3-7-16-14(11)19/h5-6,8,11H,2-4,7,15H2,1H3,(H,16,19)(H,17,18). The lowest BCUT2D eigenvalue weighted by molar-refractivity contribution is -0.124. The second kappa shape index (κ2) is 6.27. The minimum Gasteiger partial charge on any atom is -0.492 e. The monoisotopic (exact) mass is 277 g/mol. The third-order valence-corrected chi connectivity index (χ3v) is 3.16. The number of carbonyl (C=O) groups excluding carboxylic acids is 2. The molecular weight excluding hydrogens is 258 g/mol. The highest BCUT2D eigenvalue weighted by Crippen LogP contribution is 2.22. The van der Waals surface area contributed by atoms with E-state index in [4.69, 9.17) is 10.5 Å². The summed E-state index contributed by atoms with van der Waals surface area (Å²) in [5.41, 5.74) is 6.65. The van der Waals surface area contributed by atoms with Gasteiger partial charge in [0.1, 0.15) is 11.8 Å². The first-order valence-corrected chi connectivity index (χ1v) is 6.72. The molecule has 20 heavy (non-hydrogen) atoms. The van der Waals surface area contributed by atoms with E-state index in [9.17, 15) is 9.59 Å². The van der Waals surface area contributed by atoms with Gasteiger partial charge in [-0.3, -0.25) is 9.59 Å². The van der Waals surface area contributed by atoms with E-state index >= 15 is 0 Å². The molecule has 6 nitrogen and oxygen atoms in total. The van der Waals surface area contributed by atoms with Crippen LogP contribution in [0, 0.1) is 0 Å². The fourth-order valence-corrected chi connectivity index (χ4v) is 2.13. The molecule has 4 N–H and O–H groups in total. The number of anilines is 1. The number of piperidine rings is 1. The van der Waals surface area contributed by atoms with Gasteiger partial charge in [-0.25, -0.2) is 0 Å². The van der Waals surface area contributed by atoms with Crippen molar-refractivity contribution in [1.82, 2.24) is 10.6 Å². The summed E-state index contributed by atoms with van der Waals surface area (Å²) in [6.45, 7) is 3.04. The van der Waals surface area contributed by atoms with Gasteiger partial charge in [0.05, 0.1) is 12.3 Å². The Balaban J connectivity index is 2.05. The van der Waals surface area contributed by atoms with Crippen molar-refractivity contribution < 1.29 is 14.3 Å². The normalized spacial score (nSPS) is 18.2. The Morgan fingerprint density at radius 1 is 1.55 bits per heavy atom. The van der Waals surface area contributed by atoms with Crippen LogP contribution in [-0.2, 0) is 4.79 Å². The number of amides is 2. The molecule has 1 heterocycles. The second-order valence-corrected chi connectivity index (χ2v) is 4.64. The first kappa shape index (κ1) is 14.2. The van der Waals surface area contributed by atoms with E-state index in [0.717, 1.165) is 6.42 Å². The van der Waals surface area contributed by atoms with Crippen LogP contribution in [0.15, 0.2) is 18.2 Å². The molecule has 0 aliphatic carbocycles. The van der Waals surface area contributed by atoms with E-state index in [2.05, 4.69) is 10.6 Å². The molecule has 2 amide bonds. The van der Waals surface area contributed by atoms with Crippen molar-refractivity contribution in [1.29, 1.82) is 0 Å². The van der Waals surface area contributed by atoms with Gasteiger partial charge in [-0.1, -0.05) is 0 Å². The number of nitrogens with one attached hydrogen (secondary N) is 2. The Hall–Kier alpha value is -2.24. The summed E-state index contributed by atoms with van der Waals surface area (Å²) in [5, 5.41) is 5.44. The number of nitrogens with two attached hydrogens (primary N) is 1. The van der Waals surface area contributed by atoms with Crippen LogP contribution >= 0.6 is 0 Å². The Labute approximate surface area is 117 Å². The maximum atomic E-state index is 12.1. The molecule has 1 unspecified atom stereocenters. The van der Waals surface area contributed by atoms with Gasteiger partial charge < -0.3 is 21.1 Å². The van der Waals surface area contributed by atoms with E-state index < -0.39 is 6.04 Å². The molecule has 0 saturated carbocycles. The Morgan fingerprint density at radius 3 is 3.00 bits per heavy atom. The summed E-state index contributed by atoms with van der Waals surface area (Å²) in [6.07, 6.45) is 1.52. The number of hydrogen-bond acceptors (Lipinski definition) is 4. The Morgan fingerprint density at radius 2 is 2.35 bits per heavy atom.